The second-order valence-electron chi connectivity index (χ2n) is 5.05. The highest BCUT2D eigenvalue weighted by Crippen LogP contribution is 2.33. The molecule has 0 bridgehead atoms. The van der Waals surface area contributed by atoms with Crippen LogP contribution in [0.1, 0.15) is 37.2 Å². The molecular weight excluding hydrogens is 224 g/mol. The Morgan fingerprint density at radius 1 is 1.06 bits per heavy atom. The molecule has 3 nitrogen and oxygen atoms in total. The van der Waals surface area contributed by atoms with Crippen LogP contribution in [-0.4, -0.2) is 21.0 Å². The summed E-state index contributed by atoms with van der Waals surface area (Å²) in [6.07, 6.45) is 7.73. The van der Waals surface area contributed by atoms with E-state index >= 15 is 0 Å². The van der Waals surface area contributed by atoms with Gasteiger partial charge in [0.2, 0.25) is 0 Å². The number of hydrogen-bond acceptors (Lipinski definition) is 2. The molecule has 0 spiro atoms. The predicted octanol–water partition coefficient (Wildman–Crippen LogP) is 2.89. The average molecular weight is 242 g/mol. The van der Waals surface area contributed by atoms with Crippen LogP contribution >= 0.6 is 0 Å². The maximum atomic E-state index is 9.53. The Labute approximate surface area is 107 Å². The molecule has 2 aromatic rings. The van der Waals surface area contributed by atoms with Crippen LogP contribution in [0.3, 0.4) is 0 Å². The van der Waals surface area contributed by atoms with Crippen LogP contribution in [0, 0.1) is 0 Å². The van der Waals surface area contributed by atoms with Gasteiger partial charge in [0.25, 0.3) is 0 Å². The SMILES string of the molecule is OC1CCC(c2ccc(-n3cccn3)cc2)CC1. The first-order chi connectivity index (χ1) is 8.83. The zero-order valence-electron chi connectivity index (χ0n) is 10.4. The standard InChI is InChI=1S/C15H18N2O/c18-15-8-4-13(5-9-15)12-2-6-14(7-3-12)17-11-1-10-16-17/h1-3,6-7,10-11,13,15,18H,4-5,8-9H2. The van der Waals surface area contributed by atoms with Crippen LogP contribution in [0.4, 0.5) is 0 Å². The van der Waals surface area contributed by atoms with E-state index in [1.54, 1.807) is 6.20 Å². The third-order valence-corrected chi connectivity index (χ3v) is 3.83. The van der Waals surface area contributed by atoms with Gasteiger partial charge < -0.3 is 5.11 Å². The topological polar surface area (TPSA) is 38.0 Å². The van der Waals surface area contributed by atoms with Crippen molar-refractivity contribution < 1.29 is 5.11 Å². The van der Waals surface area contributed by atoms with Crippen LogP contribution in [0.25, 0.3) is 5.69 Å². The Bertz CT molecular complexity index is 482. The fourth-order valence-corrected chi connectivity index (χ4v) is 2.73. The van der Waals surface area contributed by atoms with Crippen LogP contribution in [-0.2, 0) is 0 Å². The van der Waals surface area contributed by atoms with Gasteiger partial charge >= 0.3 is 0 Å². The minimum Gasteiger partial charge on any atom is -0.393 e. The van der Waals surface area contributed by atoms with Gasteiger partial charge in [-0.2, -0.15) is 5.10 Å². The van der Waals surface area contributed by atoms with E-state index in [0.29, 0.717) is 5.92 Å². The van der Waals surface area contributed by atoms with Crippen molar-refractivity contribution in [3.05, 3.63) is 48.3 Å². The molecule has 1 aromatic heterocycles. The number of nitrogens with zero attached hydrogens (tertiary/aromatic N) is 2. The van der Waals surface area contributed by atoms with E-state index in [1.807, 2.05) is 16.9 Å². The smallest absolute Gasteiger partial charge is 0.0645 e. The Hall–Kier alpha value is -1.61. The first-order valence-electron chi connectivity index (χ1n) is 6.61. The van der Waals surface area contributed by atoms with Gasteiger partial charge in [-0.25, -0.2) is 4.68 Å². The summed E-state index contributed by atoms with van der Waals surface area (Å²) in [4.78, 5) is 0. The van der Waals surface area contributed by atoms with E-state index in [1.165, 1.54) is 5.56 Å². The molecule has 0 atom stereocenters. The lowest BCUT2D eigenvalue weighted by molar-refractivity contribution is 0.122. The van der Waals surface area contributed by atoms with Gasteiger partial charge in [-0.15, -0.1) is 0 Å². The fraction of sp³-hybridized carbons (Fsp3) is 0.400. The minimum atomic E-state index is -0.0791. The van der Waals surface area contributed by atoms with Gasteiger partial charge in [-0.05, 0) is 55.4 Å². The van der Waals surface area contributed by atoms with Gasteiger partial charge in [0.15, 0.2) is 0 Å². The molecule has 0 aliphatic heterocycles. The summed E-state index contributed by atoms with van der Waals surface area (Å²) >= 11 is 0. The molecule has 1 heterocycles. The average Bonchev–Trinajstić information content (AvgIpc) is 2.94. The molecule has 18 heavy (non-hydrogen) atoms. The third kappa shape index (κ3) is 2.31. The molecule has 1 N–H and O–H groups in total. The van der Waals surface area contributed by atoms with Crippen LogP contribution in [0.5, 0.6) is 0 Å². The highest BCUT2D eigenvalue weighted by Gasteiger charge is 2.20. The number of hydrogen-bond donors (Lipinski definition) is 1. The monoisotopic (exact) mass is 242 g/mol. The minimum absolute atomic E-state index is 0.0791. The summed E-state index contributed by atoms with van der Waals surface area (Å²) in [6.45, 7) is 0. The molecule has 1 aliphatic rings. The largest absolute Gasteiger partial charge is 0.393 e. The predicted molar refractivity (Wildman–Crippen MR) is 70.8 cm³/mol. The zero-order valence-corrected chi connectivity index (χ0v) is 10.4. The Morgan fingerprint density at radius 2 is 1.78 bits per heavy atom. The number of benzene rings is 1. The van der Waals surface area contributed by atoms with Crippen molar-refractivity contribution >= 4 is 0 Å². The summed E-state index contributed by atoms with van der Waals surface area (Å²) in [5.74, 6) is 0.611. The Balaban J connectivity index is 1.75. The van der Waals surface area contributed by atoms with Gasteiger partial charge in [-0.1, -0.05) is 12.1 Å². The molecule has 94 valence electrons. The van der Waals surface area contributed by atoms with Gasteiger partial charge in [-0.3, -0.25) is 0 Å². The normalized spacial score (nSPS) is 24.1. The van der Waals surface area contributed by atoms with Crippen molar-refractivity contribution in [2.75, 3.05) is 0 Å². The lowest BCUT2D eigenvalue weighted by Gasteiger charge is -2.25. The molecule has 0 amide bonds. The van der Waals surface area contributed by atoms with Gasteiger partial charge in [0.05, 0.1) is 11.8 Å². The Kier molecular flexibility index (Phi) is 3.15. The molecule has 0 radical (unpaired) electrons. The molecule has 1 aromatic carbocycles. The lowest BCUT2D eigenvalue weighted by atomic mass is 9.83. The van der Waals surface area contributed by atoms with Crippen molar-refractivity contribution in [2.45, 2.75) is 37.7 Å². The van der Waals surface area contributed by atoms with Gasteiger partial charge in [0.1, 0.15) is 0 Å². The summed E-state index contributed by atoms with van der Waals surface area (Å²) in [6, 6.07) is 10.6. The van der Waals surface area contributed by atoms with E-state index in [4.69, 9.17) is 0 Å². The molecule has 0 unspecified atom stereocenters. The quantitative estimate of drug-likeness (QED) is 0.879. The van der Waals surface area contributed by atoms with Crippen LogP contribution < -0.4 is 0 Å². The van der Waals surface area contributed by atoms with Crippen molar-refractivity contribution in [2.24, 2.45) is 0 Å². The molecule has 1 saturated carbocycles. The van der Waals surface area contributed by atoms with Crippen molar-refractivity contribution in [3.63, 3.8) is 0 Å². The number of rotatable bonds is 2. The second kappa shape index (κ2) is 4.94. The number of aliphatic hydroxyl groups excluding tert-OH is 1. The molecule has 1 fully saturated rings. The maximum absolute atomic E-state index is 9.53. The molecule has 0 saturated heterocycles. The van der Waals surface area contributed by atoms with E-state index in [9.17, 15) is 5.11 Å². The van der Waals surface area contributed by atoms with E-state index in [2.05, 4.69) is 29.4 Å². The van der Waals surface area contributed by atoms with Crippen molar-refractivity contribution in [1.29, 1.82) is 0 Å². The van der Waals surface area contributed by atoms with Crippen molar-refractivity contribution in [1.82, 2.24) is 9.78 Å². The molecule has 3 heteroatoms. The first kappa shape index (κ1) is 11.5. The lowest BCUT2D eigenvalue weighted by Crippen LogP contribution is -2.16. The summed E-state index contributed by atoms with van der Waals surface area (Å²) < 4.78 is 1.87. The summed E-state index contributed by atoms with van der Waals surface area (Å²) in [7, 11) is 0. The summed E-state index contributed by atoms with van der Waals surface area (Å²) in [5.41, 5.74) is 2.48. The zero-order chi connectivity index (χ0) is 12.4. The van der Waals surface area contributed by atoms with Gasteiger partial charge in [0, 0.05) is 12.4 Å². The van der Waals surface area contributed by atoms with E-state index in [-0.39, 0.29) is 6.10 Å². The highest BCUT2D eigenvalue weighted by molar-refractivity contribution is 5.35. The van der Waals surface area contributed by atoms with E-state index < -0.39 is 0 Å². The van der Waals surface area contributed by atoms with E-state index in [0.717, 1.165) is 31.4 Å². The Morgan fingerprint density at radius 3 is 2.39 bits per heavy atom. The summed E-state index contributed by atoms with van der Waals surface area (Å²) in [5, 5.41) is 13.8. The first-order valence-corrected chi connectivity index (χ1v) is 6.61. The van der Waals surface area contributed by atoms with Crippen LogP contribution in [0.15, 0.2) is 42.7 Å². The van der Waals surface area contributed by atoms with Crippen molar-refractivity contribution in [3.8, 4) is 5.69 Å². The molecule has 1 aliphatic carbocycles. The maximum Gasteiger partial charge on any atom is 0.0645 e. The molecule has 3 rings (SSSR count). The molecular formula is C15H18N2O. The third-order valence-electron chi connectivity index (χ3n) is 3.83. The number of aliphatic hydroxyl groups is 1. The fourth-order valence-electron chi connectivity index (χ4n) is 2.73. The van der Waals surface area contributed by atoms with Crippen LogP contribution in [0.2, 0.25) is 0 Å². The second-order valence-corrected chi connectivity index (χ2v) is 5.05. The highest BCUT2D eigenvalue weighted by atomic mass is 16.3. The number of aromatic nitrogens is 2.